The molecule has 2 fully saturated rings. The lowest BCUT2D eigenvalue weighted by Gasteiger charge is -2.16. The molecule has 36 heavy (non-hydrogen) atoms. The molecule has 0 atom stereocenters. The van der Waals surface area contributed by atoms with Crippen molar-refractivity contribution in [2.45, 2.75) is 64.8 Å². The maximum Gasteiger partial charge on any atom is 0.220 e. The lowest BCUT2D eigenvalue weighted by Crippen LogP contribution is -2.06. The van der Waals surface area contributed by atoms with E-state index in [4.69, 9.17) is 20.9 Å². The van der Waals surface area contributed by atoms with Crippen molar-refractivity contribution in [1.29, 1.82) is 0 Å². The molecule has 0 radical (unpaired) electrons. The Morgan fingerprint density at radius 2 is 1.47 bits per heavy atom. The van der Waals surface area contributed by atoms with Gasteiger partial charge >= 0.3 is 0 Å². The number of aromatic nitrogens is 3. The molecule has 0 bridgehead atoms. The fourth-order valence-electron chi connectivity index (χ4n) is 4.26. The zero-order valence-corrected chi connectivity index (χ0v) is 21.2. The van der Waals surface area contributed by atoms with Gasteiger partial charge in [-0.05, 0) is 67.7 Å². The molecule has 9 heteroatoms. The molecule has 0 unspecified atom stereocenters. The highest BCUT2D eigenvalue weighted by Gasteiger charge is 2.18. The van der Waals surface area contributed by atoms with Gasteiger partial charge in [-0.1, -0.05) is 13.8 Å². The second-order valence-electron chi connectivity index (χ2n) is 9.18. The highest BCUT2D eigenvalue weighted by atomic mass is 19.1. The third-order valence-corrected chi connectivity index (χ3v) is 6.04. The lowest BCUT2D eigenvalue weighted by molar-refractivity contribution is 0.0967. The van der Waals surface area contributed by atoms with Crippen molar-refractivity contribution < 1.29 is 18.3 Å². The van der Waals surface area contributed by atoms with Crippen molar-refractivity contribution >= 4 is 16.9 Å². The molecule has 0 spiro atoms. The molecule has 4 heterocycles. The predicted octanol–water partition coefficient (Wildman–Crippen LogP) is 5.51. The molecule has 196 valence electrons. The minimum atomic E-state index is -0.669. The number of rotatable bonds is 3. The van der Waals surface area contributed by atoms with Crippen LogP contribution in [0.2, 0.25) is 0 Å². The number of nitrogen functional groups attached to an aromatic ring is 1. The van der Waals surface area contributed by atoms with Crippen LogP contribution in [0.15, 0.2) is 24.5 Å². The summed E-state index contributed by atoms with van der Waals surface area (Å²) in [6.45, 7) is 8.26. The van der Waals surface area contributed by atoms with Crippen LogP contribution in [0.5, 0.6) is 0 Å². The fraction of sp³-hybridized carbons (Fsp3) is 0.519. The van der Waals surface area contributed by atoms with Crippen LogP contribution in [-0.4, -0.2) is 41.4 Å². The van der Waals surface area contributed by atoms with Crippen LogP contribution in [-0.2, 0) is 16.0 Å². The zero-order chi connectivity index (χ0) is 25.9. The van der Waals surface area contributed by atoms with Gasteiger partial charge in [-0.15, -0.1) is 0 Å². The minimum absolute atomic E-state index is 0.0452. The number of hydrogen-bond acceptors (Lipinski definition) is 7. The molecular formula is C27H37F2N5O2. The van der Waals surface area contributed by atoms with E-state index in [1.165, 1.54) is 44.6 Å². The van der Waals surface area contributed by atoms with Gasteiger partial charge in [-0.2, -0.15) is 0 Å². The molecular weight excluding hydrogens is 464 g/mol. The minimum Gasteiger partial charge on any atom is -0.381 e. The lowest BCUT2D eigenvalue weighted by atomic mass is 9.92. The van der Waals surface area contributed by atoms with E-state index >= 15 is 0 Å². The van der Waals surface area contributed by atoms with Crippen LogP contribution in [0.1, 0.15) is 69.4 Å². The Bertz CT molecular complexity index is 1080. The molecule has 0 aliphatic carbocycles. The molecule has 7 nitrogen and oxygen atoms in total. The van der Waals surface area contributed by atoms with E-state index < -0.39 is 11.6 Å². The highest BCUT2D eigenvalue weighted by Crippen LogP contribution is 2.33. The third kappa shape index (κ3) is 7.62. The normalized spacial score (nSPS) is 15.6. The zero-order valence-electron chi connectivity index (χ0n) is 21.2. The first-order valence-corrected chi connectivity index (χ1v) is 12.7. The number of hydrogen-bond donors (Lipinski definition) is 2. The van der Waals surface area contributed by atoms with Crippen LogP contribution < -0.4 is 11.5 Å². The quantitative estimate of drug-likeness (QED) is 0.487. The van der Waals surface area contributed by atoms with E-state index in [9.17, 15) is 8.78 Å². The second kappa shape index (κ2) is 14.1. The van der Waals surface area contributed by atoms with Gasteiger partial charge in [0.15, 0.2) is 5.82 Å². The third-order valence-electron chi connectivity index (χ3n) is 6.04. The Labute approximate surface area is 211 Å². The van der Waals surface area contributed by atoms with Crippen LogP contribution in [0.25, 0.3) is 22.2 Å². The number of halogens is 2. The number of pyridine rings is 1. The molecule has 5 rings (SSSR count). The van der Waals surface area contributed by atoms with Gasteiger partial charge in [-0.3, -0.25) is 4.98 Å². The first-order valence-electron chi connectivity index (χ1n) is 12.7. The van der Waals surface area contributed by atoms with Gasteiger partial charge in [0, 0.05) is 50.1 Å². The van der Waals surface area contributed by atoms with E-state index in [0.717, 1.165) is 43.8 Å². The predicted molar refractivity (Wildman–Crippen MR) is 138 cm³/mol. The topological polar surface area (TPSA) is 109 Å². The van der Waals surface area contributed by atoms with Crippen molar-refractivity contribution in [3.8, 4) is 11.3 Å². The molecule has 2 aliphatic heterocycles. The Balaban J connectivity index is 0.000000244. The average Bonchev–Trinajstić information content (AvgIpc) is 2.91. The van der Waals surface area contributed by atoms with Gasteiger partial charge in [0.05, 0.1) is 6.20 Å². The second-order valence-corrected chi connectivity index (χ2v) is 9.18. The Morgan fingerprint density at radius 3 is 1.94 bits per heavy atom. The monoisotopic (exact) mass is 501 g/mol. The first kappa shape index (κ1) is 27.8. The Kier molecular flexibility index (Phi) is 10.9. The van der Waals surface area contributed by atoms with E-state index in [1.54, 1.807) is 12.3 Å². The SMILES string of the molecule is C1CCOCC1.C1CCOCC1.CC(C)c1c(CN)cnc2c(F)cc(-c3nc(N)ncc3F)cc12. The summed E-state index contributed by atoms with van der Waals surface area (Å²) in [5.74, 6) is -1.20. The molecule has 2 saturated heterocycles. The van der Waals surface area contributed by atoms with Gasteiger partial charge in [-0.25, -0.2) is 18.7 Å². The summed E-state index contributed by atoms with van der Waals surface area (Å²) in [6, 6.07) is 2.87. The summed E-state index contributed by atoms with van der Waals surface area (Å²) in [5.41, 5.74) is 13.5. The van der Waals surface area contributed by atoms with Gasteiger partial charge < -0.3 is 20.9 Å². The number of anilines is 1. The van der Waals surface area contributed by atoms with Gasteiger partial charge in [0.2, 0.25) is 5.95 Å². The molecule has 1 aromatic carbocycles. The van der Waals surface area contributed by atoms with E-state index in [2.05, 4.69) is 15.0 Å². The number of nitrogens with two attached hydrogens (primary N) is 2. The average molecular weight is 502 g/mol. The van der Waals surface area contributed by atoms with E-state index in [-0.39, 0.29) is 35.2 Å². The number of nitrogens with zero attached hydrogens (tertiary/aromatic N) is 3. The van der Waals surface area contributed by atoms with Crippen LogP contribution in [0.4, 0.5) is 14.7 Å². The van der Waals surface area contributed by atoms with E-state index in [1.807, 2.05) is 13.8 Å². The molecule has 3 aromatic rings. The summed E-state index contributed by atoms with van der Waals surface area (Å²) in [4.78, 5) is 11.6. The Hall–Kier alpha value is -2.75. The maximum atomic E-state index is 14.6. The van der Waals surface area contributed by atoms with E-state index in [0.29, 0.717) is 5.39 Å². The summed E-state index contributed by atoms with van der Waals surface area (Å²) in [6.07, 6.45) is 10.4. The molecule has 2 aromatic heterocycles. The molecule has 0 amide bonds. The molecule has 0 saturated carbocycles. The first-order chi connectivity index (χ1) is 17.4. The van der Waals surface area contributed by atoms with Crippen molar-refractivity contribution in [2.24, 2.45) is 5.73 Å². The maximum absolute atomic E-state index is 14.6. The van der Waals surface area contributed by atoms with Gasteiger partial charge in [0.1, 0.15) is 17.0 Å². The van der Waals surface area contributed by atoms with Crippen molar-refractivity contribution in [1.82, 2.24) is 15.0 Å². The number of benzene rings is 1. The Morgan fingerprint density at radius 1 is 0.861 bits per heavy atom. The van der Waals surface area contributed by atoms with Crippen molar-refractivity contribution in [2.75, 3.05) is 32.2 Å². The molecule has 4 N–H and O–H groups in total. The van der Waals surface area contributed by atoms with Crippen molar-refractivity contribution in [3.05, 3.63) is 47.3 Å². The highest BCUT2D eigenvalue weighted by molar-refractivity contribution is 5.88. The largest absolute Gasteiger partial charge is 0.381 e. The standard InChI is InChI=1S/C17H17F2N5.2C5H10O/c1-8(2)14-10(5-20)6-22-16-11(14)3-9(4-12(16)18)15-13(19)7-23-17(21)24-15;2*1-2-4-6-5-3-1/h3-4,6-8H,5,20H2,1-2H3,(H2,21,23,24);2*1-5H2. The number of ether oxygens (including phenoxy) is 2. The van der Waals surface area contributed by atoms with Crippen LogP contribution >= 0.6 is 0 Å². The summed E-state index contributed by atoms with van der Waals surface area (Å²) >= 11 is 0. The summed E-state index contributed by atoms with van der Waals surface area (Å²) in [5, 5.41) is 0.597. The summed E-state index contributed by atoms with van der Waals surface area (Å²) in [7, 11) is 0. The van der Waals surface area contributed by atoms with Crippen LogP contribution in [0, 0.1) is 11.6 Å². The molecule has 2 aliphatic rings. The van der Waals surface area contributed by atoms with Crippen LogP contribution in [0.3, 0.4) is 0 Å². The van der Waals surface area contributed by atoms with Gasteiger partial charge in [0.25, 0.3) is 0 Å². The fourth-order valence-corrected chi connectivity index (χ4v) is 4.26. The van der Waals surface area contributed by atoms with Crippen molar-refractivity contribution in [3.63, 3.8) is 0 Å². The summed E-state index contributed by atoms with van der Waals surface area (Å²) < 4.78 is 38.7. The number of fused-ring (bicyclic) bond motifs is 1. The smallest absolute Gasteiger partial charge is 0.220 e.